The zero-order valence-corrected chi connectivity index (χ0v) is 11.1. The third-order valence-electron chi connectivity index (χ3n) is 3.12. The van der Waals surface area contributed by atoms with Crippen LogP contribution in [0.3, 0.4) is 0 Å². The van der Waals surface area contributed by atoms with E-state index in [1.165, 1.54) is 30.7 Å². The lowest BCUT2D eigenvalue weighted by Crippen LogP contribution is -2.50. The fourth-order valence-electron chi connectivity index (χ4n) is 1.71. The maximum atomic E-state index is 2.62. The van der Waals surface area contributed by atoms with Gasteiger partial charge in [-0.15, -0.1) is 0 Å². The molecule has 0 aromatic carbocycles. The summed E-state index contributed by atoms with van der Waals surface area (Å²) in [5.41, 5.74) is 0. The van der Waals surface area contributed by atoms with Crippen LogP contribution in [0.15, 0.2) is 0 Å². The van der Waals surface area contributed by atoms with Crippen LogP contribution in [0.2, 0.25) is 0 Å². The van der Waals surface area contributed by atoms with Crippen molar-refractivity contribution in [1.82, 2.24) is 9.80 Å². The van der Waals surface area contributed by atoms with Gasteiger partial charge in [0, 0.05) is 32.2 Å². The Morgan fingerprint density at radius 2 is 1.62 bits per heavy atom. The van der Waals surface area contributed by atoms with Gasteiger partial charge in [0.25, 0.3) is 0 Å². The van der Waals surface area contributed by atoms with E-state index in [-0.39, 0.29) is 0 Å². The zero-order chi connectivity index (χ0) is 9.84. The molecule has 2 nitrogen and oxygen atoms in total. The molecule has 0 unspecified atom stereocenters. The first-order valence-corrected chi connectivity index (χ1v) is 6.70. The van der Waals surface area contributed by atoms with E-state index in [1.54, 1.807) is 0 Å². The summed E-state index contributed by atoms with van der Waals surface area (Å²) in [6.45, 7) is 12.0. The molecule has 0 aliphatic carbocycles. The predicted octanol–water partition coefficient (Wildman–Crippen LogP) is 2.04. The van der Waals surface area contributed by atoms with Crippen LogP contribution >= 0.6 is 22.6 Å². The van der Waals surface area contributed by atoms with Crippen molar-refractivity contribution in [2.45, 2.75) is 26.8 Å². The third kappa shape index (κ3) is 3.36. The molecular formula is C10H21IN2. The summed E-state index contributed by atoms with van der Waals surface area (Å²) in [7, 11) is 0. The van der Waals surface area contributed by atoms with Gasteiger partial charge in [0.05, 0.1) is 4.55 Å². The topological polar surface area (TPSA) is 6.48 Å². The minimum Gasteiger partial charge on any atom is -0.298 e. The molecule has 1 rings (SSSR count). The number of alkyl halides is 1. The molecule has 0 bridgehead atoms. The van der Waals surface area contributed by atoms with Gasteiger partial charge >= 0.3 is 0 Å². The first-order valence-electron chi connectivity index (χ1n) is 5.17. The summed E-state index contributed by atoms with van der Waals surface area (Å²) in [6.07, 6.45) is 0. The van der Waals surface area contributed by atoms with E-state index in [0.29, 0.717) is 0 Å². The maximum absolute atomic E-state index is 2.62. The Labute approximate surface area is 95.8 Å². The van der Waals surface area contributed by atoms with E-state index in [4.69, 9.17) is 0 Å². The summed E-state index contributed by atoms with van der Waals surface area (Å²) in [5.74, 6) is 0.783. The largest absolute Gasteiger partial charge is 0.298 e. The smallest absolute Gasteiger partial charge is 0.0506 e. The summed E-state index contributed by atoms with van der Waals surface area (Å²) in [6, 6.07) is 0.747. The second kappa shape index (κ2) is 5.51. The van der Waals surface area contributed by atoms with E-state index >= 15 is 0 Å². The van der Waals surface area contributed by atoms with Crippen molar-refractivity contribution in [1.29, 1.82) is 0 Å². The van der Waals surface area contributed by atoms with Crippen LogP contribution in [-0.4, -0.2) is 46.6 Å². The molecule has 1 saturated heterocycles. The second-order valence-corrected chi connectivity index (χ2v) is 4.94. The van der Waals surface area contributed by atoms with Crippen LogP contribution < -0.4 is 0 Å². The number of rotatable bonds is 3. The first kappa shape index (κ1) is 11.7. The number of hydrogen-bond donors (Lipinski definition) is 0. The molecule has 0 aromatic rings. The number of hydrogen-bond acceptors (Lipinski definition) is 2. The molecule has 0 amide bonds. The summed E-state index contributed by atoms with van der Waals surface area (Å²) in [5, 5.41) is 0. The third-order valence-corrected chi connectivity index (χ3v) is 4.08. The Bertz CT molecular complexity index is 142. The Kier molecular flexibility index (Phi) is 4.97. The molecule has 0 N–H and O–H groups in total. The fraction of sp³-hybridized carbons (Fsp3) is 1.00. The maximum Gasteiger partial charge on any atom is 0.0506 e. The molecule has 1 fully saturated rings. The van der Waals surface area contributed by atoms with Gasteiger partial charge in [-0.2, -0.15) is 0 Å². The molecule has 1 aliphatic heterocycles. The van der Waals surface area contributed by atoms with Gasteiger partial charge in [-0.05, 0) is 12.8 Å². The zero-order valence-electron chi connectivity index (χ0n) is 8.96. The fourth-order valence-corrected chi connectivity index (χ4v) is 2.39. The van der Waals surface area contributed by atoms with Gasteiger partial charge in [0.1, 0.15) is 0 Å². The Morgan fingerprint density at radius 1 is 1.08 bits per heavy atom. The van der Waals surface area contributed by atoms with Crippen LogP contribution in [0.1, 0.15) is 20.8 Å². The van der Waals surface area contributed by atoms with Crippen molar-refractivity contribution in [3.63, 3.8) is 0 Å². The summed E-state index contributed by atoms with van der Waals surface area (Å²) < 4.78 is 1.18. The lowest BCUT2D eigenvalue weighted by Gasteiger charge is -2.38. The summed E-state index contributed by atoms with van der Waals surface area (Å²) >= 11 is 2.45. The Balaban J connectivity index is 2.32. The van der Waals surface area contributed by atoms with Gasteiger partial charge in [-0.3, -0.25) is 9.80 Å². The molecule has 0 saturated carbocycles. The van der Waals surface area contributed by atoms with E-state index in [9.17, 15) is 0 Å². The van der Waals surface area contributed by atoms with Crippen molar-refractivity contribution in [3.8, 4) is 0 Å². The van der Waals surface area contributed by atoms with Crippen molar-refractivity contribution < 1.29 is 0 Å². The van der Waals surface area contributed by atoms with E-state index in [2.05, 4.69) is 53.2 Å². The van der Waals surface area contributed by atoms with Gasteiger partial charge in [0.2, 0.25) is 0 Å². The molecule has 0 spiro atoms. The van der Waals surface area contributed by atoms with Gasteiger partial charge in [-0.1, -0.05) is 36.4 Å². The minimum absolute atomic E-state index is 0.747. The van der Waals surface area contributed by atoms with Crippen LogP contribution in [0.4, 0.5) is 0 Å². The Hall–Kier alpha value is 0.650. The van der Waals surface area contributed by atoms with E-state index in [0.717, 1.165) is 12.0 Å². The van der Waals surface area contributed by atoms with Gasteiger partial charge in [-0.25, -0.2) is 0 Å². The molecular weight excluding hydrogens is 275 g/mol. The van der Waals surface area contributed by atoms with Crippen molar-refractivity contribution >= 4 is 22.6 Å². The monoisotopic (exact) mass is 296 g/mol. The highest BCUT2D eigenvalue weighted by Crippen LogP contribution is 2.13. The van der Waals surface area contributed by atoms with E-state index < -0.39 is 0 Å². The summed E-state index contributed by atoms with van der Waals surface area (Å²) in [4.78, 5) is 5.14. The average molecular weight is 296 g/mol. The highest BCUT2D eigenvalue weighted by molar-refractivity contribution is 14.1. The van der Waals surface area contributed by atoms with Gasteiger partial charge in [0.15, 0.2) is 0 Å². The number of piperazine rings is 1. The predicted molar refractivity (Wildman–Crippen MR) is 66.3 cm³/mol. The van der Waals surface area contributed by atoms with Crippen LogP contribution in [-0.2, 0) is 0 Å². The lowest BCUT2D eigenvalue weighted by atomic mass is 10.0. The molecule has 78 valence electrons. The highest BCUT2D eigenvalue weighted by Gasteiger charge is 2.21. The molecule has 1 heterocycles. The van der Waals surface area contributed by atoms with Crippen LogP contribution in [0.25, 0.3) is 0 Å². The molecule has 0 radical (unpaired) electrons. The van der Waals surface area contributed by atoms with Crippen LogP contribution in [0, 0.1) is 5.92 Å². The molecule has 3 heteroatoms. The van der Waals surface area contributed by atoms with Crippen molar-refractivity contribution in [2.75, 3.05) is 30.7 Å². The Morgan fingerprint density at radius 3 is 2.00 bits per heavy atom. The standard InChI is InChI=1S/C10H21IN2/c1-9(2)10(3)13-6-4-12(8-11)5-7-13/h9-10H,4-8H2,1-3H3/t10-/m0/s1. The van der Waals surface area contributed by atoms with Gasteiger partial charge < -0.3 is 0 Å². The highest BCUT2D eigenvalue weighted by atomic mass is 127. The first-order chi connectivity index (χ1) is 6.15. The van der Waals surface area contributed by atoms with Crippen molar-refractivity contribution in [3.05, 3.63) is 0 Å². The van der Waals surface area contributed by atoms with Crippen LogP contribution in [0.5, 0.6) is 0 Å². The quantitative estimate of drug-likeness (QED) is 0.447. The molecule has 0 aromatic heterocycles. The number of nitrogens with zero attached hydrogens (tertiary/aromatic N) is 2. The molecule has 1 aliphatic rings. The number of halogens is 1. The van der Waals surface area contributed by atoms with Crippen molar-refractivity contribution in [2.24, 2.45) is 5.92 Å². The van der Waals surface area contributed by atoms with E-state index in [1.807, 2.05) is 0 Å². The SMILES string of the molecule is CC(C)[C@H](C)N1CCN(CI)CC1. The minimum atomic E-state index is 0.747. The second-order valence-electron chi connectivity index (χ2n) is 4.26. The molecule has 1 atom stereocenters. The average Bonchev–Trinajstić information content (AvgIpc) is 2.17. The normalized spacial score (nSPS) is 23.8. The molecule has 13 heavy (non-hydrogen) atoms. The lowest BCUT2D eigenvalue weighted by molar-refractivity contribution is 0.0960.